The molecule has 0 aromatic heterocycles. The van der Waals surface area contributed by atoms with Crippen molar-refractivity contribution in [3.63, 3.8) is 0 Å². The Kier molecular flexibility index (Phi) is 9.21. The molecule has 1 rings (SSSR count). The Morgan fingerprint density at radius 3 is 2.37 bits per heavy atom. The van der Waals surface area contributed by atoms with E-state index in [2.05, 4.69) is 0 Å². The van der Waals surface area contributed by atoms with Crippen LogP contribution in [0.1, 0.15) is 29.8 Å². The molecule has 1 amide bonds. The molecule has 108 valence electrons. The lowest BCUT2D eigenvalue weighted by Crippen LogP contribution is -2.33. The van der Waals surface area contributed by atoms with Gasteiger partial charge in [0.2, 0.25) is 0 Å². The smallest absolute Gasteiger partial charge is 0.253 e. The first-order chi connectivity index (χ1) is 8.72. The van der Waals surface area contributed by atoms with E-state index in [0.717, 1.165) is 5.56 Å². The van der Waals surface area contributed by atoms with Gasteiger partial charge in [0.25, 0.3) is 5.91 Å². The van der Waals surface area contributed by atoms with Crippen LogP contribution in [-0.2, 0) is 11.3 Å². The van der Waals surface area contributed by atoms with Crippen molar-refractivity contribution in [3.8, 4) is 0 Å². The first kappa shape index (κ1) is 17.9. The Bertz CT molecular complexity index is 368. The maximum atomic E-state index is 12.2. The van der Waals surface area contributed by atoms with Gasteiger partial charge in [-0.2, -0.15) is 0 Å². The summed E-state index contributed by atoms with van der Waals surface area (Å²) in [6.45, 7) is 6.98. The molecule has 0 heterocycles. The lowest BCUT2D eigenvalue weighted by molar-refractivity contribution is 0.0669. The van der Waals surface area contributed by atoms with Gasteiger partial charge in [0.1, 0.15) is 0 Å². The SMILES string of the molecule is CCOCCN(CC)C(=O)c1ccc(CN)cc1.Cl. The van der Waals surface area contributed by atoms with Crippen LogP contribution < -0.4 is 5.73 Å². The van der Waals surface area contributed by atoms with Crippen molar-refractivity contribution >= 4 is 18.3 Å². The number of halogens is 1. The van der Waals surface area contributed by atoms with E-state index in [9.17, 15) is 4.79 Å². The van der Waals surface area contributed by atoms with E-state index in [1.165, 1.54) is 0 Å². The van der Waals surface area contributed by atoms with Crippen molar-refractivity contribution in [2.45, 2.75) is 20.4 Å². The molecule has 0 aliphatic carbocycles. The normalized spacial score (nSPS) is 9.84. The predicted octanol–water partition coefficient (Wildman–Crippen LogP) is 2.07. The van der Waals surface area contributed by atoms with Crippen LogP contribution in [0.15, 0.2) is 24.3 Å². The minimum Gasteiger partial charge on any atom is -0.380 e. The highest BCUT2D eigenvalue weighted by Crippen LogP contribution is 2.07. The lowest BCUT2D eigenvalue weighted by atomic mass is 10.1. The van der Waals surface area contributed by atoms with Gasteiger partial charge in [0, 0.05) is 31.8 Å². The van der Waals surface area contributed by atoms with Crippen LogP contribution in [0.25, 0.3) is 0 Å². The molecule has 19 heavy (non-hydrogen) atoms. The van der Waals surface area contributed by atoms with E-state index in [4.69, 9.17) is 10.5 Å². The number of amides is 1. The molecule has 0 saturated carbocycles. The number of ether oxygens (including phenoxy) is 1. The molecule has 0 fully saturated rings. The summed E-state index contributed by atoms with van der Waals surface area (Å²) in [5, 5.41) is 0. The van der Waals surface area contributed by atoms with Crippen LogP contribution in [0.2, 0.25) is 0 Å². The number of rotatable bonds is 7. The fraction of sp³-hybridized carbons (Fsp3) is 0.500. The number of carbonyl (C=O) groups excluding carboxylic acids is 1. The number of likely N-dealkylation sites (N-methyl/N-ethyl adjacent to an activating group) is 1. The van der Waals surface area contributed by atoms with Crippen LogP contribution in [0, 0.1) is 0 Å². The second-order valence-corrected chi connectivity index (χ2v) is 3.98. The minimum absolute atomic E-state index is 0. The van der Waals surface area contributed by atoms with Crippen LogP contribution in [0.3, 0.4) is 0 Å². The van der Waals surface area contributed by atoms with Gasteiger partial charge >= 0.3 is 0 Å². The fourth-order valence-electron chi connectivity index (χ4n) is 1.69. The van der Waals surface area contributed by atoms with Gasteiger partial charge in [-0.15, -0.1) is 12.4 Å². The Labute approximate surface area is 121 Å². The molecular weight excluding hydrogens is 264 g/mol. The number of benzene rings is 1. The van der Waals surface area contributed by atoms with Gasteiger partial charge < -0.3 is 15.4 Å². The highest BCUT2D eigenvalue weighted by atomic mass is 35.5. The number of nitrogens with zero attached hydrogens (tertiary/aromatic N) is 1. The van der Waals surface area contributed by atoms with Crippen LogP contribution in [0.5, 0.6) is 0 Å². The zero-order valence-electron chi connectivity index (χ0n) is 11.6. The maximum Gasteiger partial charge on any atom is 0.253 e. The highest BCUT2D eigenvalue weighted by Gasteiger charge is 2.13. The molecule has 0 radical (unpaired) electrons. The quantitative estimate of drug-likeness (QED) is 0.781. The third-order valence-electron chi connectivity index (χ3n) is 2.82. The summed E-state index contributed by atoms with van der Waals surface area (Å²) in [5.74, 6) is 0.0424. The minimum atomic E-state index is 0. The second kappa shape index (κ2) is 9.78. The summed E-state index contributed by atoms with van der Waals surface area (Å²) in [6.07, 6.45) is 0. The molecule has 0 saturated heterocycles. The fourth-order valence-corrected chi connectivity index (χ4v) is 1.69. The molecule has 0 bridgehead atoms. The molecule has 0 unspecified atom stereocenters. The van der Waals surface area contributed by atoms with E-state index >= 15 is 0 Å². The Morgan fingerprint density at radius 2 is 1.89 bits per heavy atom. The molecule has 2 N–H and O–H groups in total. The van der Waals surface area contributed by atoms with Gasteiger partial charge in [-0.3, -0.25) is 4.79 Å². The standard InChI is InChI=1S/C14H22N2O2.ClH/c1-3-16(9-10-18-4-2)14(17)13-7-5-12(11-15)6-8-13;/h5-8H,3-4,9-11,15H2,1-2H3;1H. The van der Waals surface area contributed by atoms with Crippen molar-refractivity contribution in [2.75, 3.05) is 26.3 Å². The lowest BCUT2D eigenvalue weighted by Gasteiger charge is -2.20. The van der Waals surface area contributed by atoms with Crippen molar-refractivity contribution in [1.82, 2.24) is 4.90 Å². The first-order valence-corrected chi connectivity index (χ1v) is 6.38. The predicted molar refractivity (Wildman–Crippen MR) is 79.7 cm³/mol. The average Bonchev–Trinajstić information content (AvgIpc) is 2.43. The van der Waals surface area contributed by atoms with Gasteiger partial charge in [-0.1, -0.05) is 12.1 Å². The van der Waals surface area contributed by atoms with Crippen molar-refractivity contribution in [1.29, 1.82) is 0 Å². The van der Waals surface area contributed by atoms with Crippen LogP contribution >= 0.6 is 12.4 Å². The molecule has 1 aromatic carbocycles. The highest BCUT2D eigenvalue weighted by molar-refractivity contribution is 5.94. The molecule has 0 atom stereocenters. The first-order valence-electron chi connectivity index (χ1n) is 6.38. The Hall–Kier alpha value is -1.10. The van der Waals surface area contributed by atoms with Crippen molar-refractivity contribution in [2.24, 2.45) is 5.73 Å². The van der Waals surface area contributed by atoms with Crippen molar-refractivity contribution in [3.05, 3.63) is 35.4 Å². The van der Waals surface area contributed by atoms with Gasteiger partial charge in [-0.05, 0) is 31.5 Å². The number of hydrogen-bond donors (Lipinski definition) is 1. The zero-order chi connectivity index (χ0) is 13.4. The third-order valence-corrected chi connectivity index (χ3v) is 2.82. The Balaban J connectivity index is 0.00000324. The number of carbonyl (C=O) groups is 1. The number of hydrogen-bond acceptors (Lipinski definition) is 3. The summed E-state index contributed by atoms with van der Waals surface area (Å²) >= 11 is 0. The topological polar surface area (TPSA) is 55.6 Å². The Morgan fingerprint density at radius 1 is 1.26 bits per heavy atom. The molecular formula is C14H23ClN2O2. The molecule has 0 aliphatic rings. The van der Waals surface area contributed by atoms with E-state index in [1.54, 1.807) is 4.90 Å². The van der Waals surface area contributed by atoms with Gasteiger partial charge in [-0.25, -0.2) is 0 Å². The van der Waals surface area contributed by atoms with Gasteiger partial charge in [0.05, 0.1) is 6.61 Å². The molecule has 5 heteroatoms. The average molecular weight is 287 g/mol. The summed E-state index contributed by atoms with van der Waals surface area (Å²) in [7, 11) is 0. The second-order valence-electron chi connectivity index (χ2n) is 3.98. The summed E-state index contributed by atoms with van der Waals surface area (Å²) in [4.78, 5) is 14.0. The van der Waals surface area contributed by atoms with Crippen LogP contribution in [-0.4, -0.2) is 37.1 Å². The zero-order valence-corrected chi connectivity index (χ0v) is 12.4. The summed E-state index contributed by atoms with van der Waals surface area (Å²) < 4.78 is 5.28. The maximum absolute atomic E-state index is 12.2. The van der Waals surface area contributed by atoms with E-state index in [1.807, 2.05) is 38.1 Å². The summed E-state index contributed by atoms with van der Waals surface area (Å²) in [5.41, 5.74) is 7.26. The molecule has 4 nitrogen and oxygen atoms in total. The van der Waals surface area contributed by atoms with Gasteiger partial charge in [0.15, 0.2) is 0 Å². The third kappa shape index (κ3) is 5.59. The molecule has 1 aromatic rings. The van der Waals surface area contributed by atoms with E-state index in [0.29, 0.717) is 38.4 Å². The monoisotopic (exact) mass is 286 g/mol. The van der Waals surface area contributed by atoms with Crippen LogP contribution in [0.4, 0.5) is 0 Å². The van der Waals surface area contributed by atoms with Crippen molar-refractivity contribution < 1.29 is 9.53 Å². The van der Waals surface area contributed by atoms with E-state index in [-0.39, 0.29) is 18.3 Å². The summed E-state index contributed by atoms with van der Waals surface area (Å²) in [6, 6.07) is 7.44. The van der Waals surface area contributed by atoms with E-state index < -0.39 is 0 Å². The molecule has 0 aliphatic heterocycles. The number of nitrogens with two attached hydrogens (primary N) is 1. The largest absolute Gasteiger partial charge is 0.380 e. The molecule has 0 spiro atoms.